The molecular weight excluding hydrogens is 835 g/mol. The summed E-state index contributed by atoms with van der Waals surface area (Å²) in [6.45, 7) is 0. The highest BCUT2D eigenvalue weighted by atomic mass is 16.3. The van der Waals surface area contributed by atoms with E-state index in [0.717, 1.165) is 72.4 Å². The molecule has 12 aromatic rings. The van der Waals surface area contributed by atoms with E-state index < -0.39 is 5.41 Å². The molecule has 2 heteroatoms. The van der Waals surface area contributed by atoms with Crippen molar-refractivity contribution in [3.8, 4) is 55.6 Å². The van der Waals surface area contributed by atoms with Gasteiger partial charge in [-0.2, -0.15) is 0 Å². The molecular formula is C67H45NO. The predicted octanol–water partition coefficient (Wildman–Crippen LogP) is 18.1. The highest BCUT2D eigenvalue weighted by Crippen LogP contribution is 2.58. The Kier molecular flexibility index (Phi) is 9.77. The Morgan fingerprint density at radius 2 is 0.812 bits per heavy atom. The summed E-state index contributed by atoms with van der Waals surface area (Å²) < 4.78 is 6.36. The molecule has 1 aliphatic rings. The maximum absolute atomic E-state index is 6.36. The summed E-state index contributed by atoms with van der Waals surface area (Å²) in [6, 6.07) is 99.4. The maximum atomic E-state index is 6.36. The van der Waals surface area contributed by atoms with E-state index in [2.05, 4.69) is 266 Å². The number of anilines is 3. The zero-order chi connectivity index (χ0) is 45.7. The first-order valence-corrected chi connectivity index (χ1v) is 23.7. The van der Waals surface area contributed by atoms with E-state index >= 15 is 0 Å². The molecule has 0 fully saturated rings. The molecule has 0 aliphatic heterocycles. The third-order valence-electron chi connectivity index (χ3n) is 14.2. The van der Waals surface area contributed by atoms with Crippen molar-refractivity contribution in [3.63, 3.8) is 0 Å². The third kappa shape index (κ3) is 6.64. The number of hydrogen-bond acceptors (Lipinski definition) is 2. The van der Waals surface area contributed by atoms with Gasteiger partial charge in [0, 0.05) is 27.7 Å². The van der Waals surface area contributed by atoms with Gasteiger partial charge in [0.2, 0.25) is 0 Å². The molecule has 69 heavy (non-hydrogen) atoms. The monoisotopic (exact) mass is 879 g/mol. The standard InChI is InChI=1S/C67H45NO/c1-5-20-47(21-6-1)54-28-13-14-31-59(54)66-55(48-22-7-2-8-23-48)32-19-34-63(66)68(52-39-36-46(37-40-52)49-38-42-58-57-30-16-18-35-64(57)69-65(58)44-49)53-41-43-62-60(45-53)56-29-15-17-33-61(56)67(62,50-24-9-3-10-25-50)51-26-11-4-12-27-51/h1-45H. The number of fused-ring (bicyclic) bond motifs is 6. The lowest BCUT2D eigenvalue weighted by atomic mass is 9.68. The average molecular weight is 880 g/mol. The Morgan fingerprint density at radius 1 is 0.290 bits per heavy atom. The largest absolute Gasteiger partial charge is 0.456 e. The molecule has 0 N–H and O–H groups in total. The number of nitrogens with zero attached hydrogens (tertiary/aromatic N) is 1. The van der Waals surface area contributed by atoms with Crippen LogP contribution in [0.2, 0.25) is 0 Å². The Morgan fingerprint density at radius 3 is 1.52 bits per heavy atom. The Bertz CT molecular complexity index is 3780. The summed E-state index contributed by atoms with van der Waals surface area (Å²) in [7, 11) is 0. The molecule has 0 spiro atoms. The van der Waals surface area contributed by atoms with Crippen LogP contribution in [-0.4, -0.2) is 0 Å². The molecule has 0 atom stereocenters. The van der Waals surface area contributed by atoms with Crippen molar-refractivity contribution in [2.45, 2.75) is 5.41 Å². The van der Waals surface area contributed by atoms with Gasteiger partial charge in [-0.25, -0.2) is 0 Å². The van der Waals surface area contributed by atoms with Crippen LogP contribution in [0.15, 0.2) is 277 Å². The molecule has 1 aromatic heterocycles. The van der Waals surface area contributed by atoms with Gasteiger partial charge in [-0.05, 0) is 121 Å². The molecule has 0 amide bonds. The van der Waals surface area contributed by atoms with Crippen molar-refractivity contribution < 1.29 is 4.42 Å². The smallest absolute Gasteiger partial charge is 0.136 e. The van der Waals surface area contributed by atoms with E-state index in [1.165, 1.54) is 44.5 Å². The third-order valence-corrected chi connectivity index (χ3v) is 14.2. The first-order chi connectivity index (χ1) is 34.2. The summed E-state index contributed by atoms with van der Waals surface area (Å²) in [6.07, 6.45) is 0. The predicted molar refractivity (Wildman–Crippen MR) is 287 cm³/mol. The van der Waals surface area contributed by atoms with Crippen molar-refractivity contribution >= 4 is 39.0 Å². The Labute approximate surface area is 402 Å². The van der Waals surface area contributed by atoms with Crippen LogP contribution in [0.5, 0.6) is 0 Å². The number of rotatable bonds is 9. The zero-order valence-corrected chi connectivity index (χ0v) is 37.8. The van der Waals surface area contributed by atoms with Crippen molar-refractivity contribution in [2.75, 3.05) is 4.90 Å². The fourth-order valence-electron chi connectivity index (χ4n) is 11.2. The molecule has 0 saturated carbocycles. The van der Waals surface area contributed by atoms with Gasteiger partial charge in [0.15, 0.2) is 0 Å². The van der Waals surface area contributed by atoms with E-state index in [0.29, 0.717) is 0 Å². The lowest BCUT2D eigenvalue weighted by molar-refractivity contribution is 0.669. The van der Waals surface area contributed by atoms with E-state index in [1.807, 2.05) is 12.1 Å². The van der Waals surface area contributed by atoms with Gasteiger partial charge in [0.1, 0.15) is 11.2 Å². The maximum Gasteiger partial charge on any atom is 0.136 e. The second-order valence-electron chi connectivity index (χ2n) is 17.9. The summed E-state index contributed by atoms with van der Waals surface area (Å²) in [5.41, 5.74) is 21.2. The van der Waals surface area contributed by atoms with Crippen molar-refractivity contribution in [3.05, 3.63) is 295 Å². The van der Waals surface area contributed by atoms with Crippen LogP contribution >= 0.6 is 0 Å². The molecule has 13 rings (SSSR count). The van der Waals surface area contributed by atoms with Gasteiger partial charge in [-0.3, -0.25) is 0 Å². The van der Waals surface area contributed by atoms with E-state index in [9.17, 15) is 0 Å². The lowest BCUT2D eigenvalue weighted by Crippen LogP contribution is -2.28. The summed E-state index contributed by atoms with van der Waals surface area (Å²) in [4.78, 5) is 2.48. The van der Waals surface area contributed by atoms with E-state index in [1.54, 1.807) is 0 Å². The van der Waals surface area contributed by atoms with Crippen molar-refractivity contribution in [2.24, 2.45) is 0 Å². The van der Waals surface area contributed by atoms with Crippen molar-refractivity contribution in [1.29, 1.82) is 0 Å². The van der Waals surface area contributed by atoms with Gasteiger partial charge in [-0.1, -0.05) is 224 Å². The topological polar surface area (TPSA) is 16.4 Å². The van der Waals surface area contributed by atoms with Crippen LogP contribution < -0.4 is 4.90 Å². The minimum absolute atomic E-state index is 0.507. The number of furan rings is 1. The molecule has 2 nitrogen and oxygen atoms in total. The molecule has 0 unspecified atom stereocenters. The first-order valence-electron chi connectivity index (χ1n) is 23.7. The Balaban J connectivity index is 1.06. The summed E-state index contributed by atoms with van der Waals surface area (Å²) >= 11 is 0. The molecule has 1 aliphatic carbocycles. The Hall–Kier alpha value is -8.98. The molecule has 1 heterocycles. The molecule has 11 aromatic carbocycles. The SMILES string of the molecule is c1ccc(-c2ccccc2-c2c(-c3ccccc3)cccc2N(c2ccc(-c3ccc4c(c3)oc3ccccc34)cc2)c2ccc3c(c2)-c2ccccc2C3(c2ccccc2)c2ccccc2)cc1. The van der Waals surface area contributed by atoms with Crippen LogP contribution in [0.3, 0.4) is 0 Å². The minimum atomic E-state index is -0.507. The average Bonchev–Trinajstić information content (AvgIpc) is 3.95. The van der Waals surface area contributed by atoms with E-state index in [4.69, 9.17) is 4.42 Å². The summed E-state index contributed by atoms with van der Waals surface area (Å²) in [5.74, 6) is 0. The minimum Gasteiger partial charge on any atom is -0.456 e. The fourth-order valence-corrected chi connectivity index (χ4v) is 11.2. The highest BCUT2D eigenvalue weighted by Gasteiger charge is 2.46. The molecule has 0 saturated heterocycles. The van der Waals surface area contributed by atoms with Gasteiger partial charge in [0.25, 0.3) is 0 Å². The van der Waals surface area contributed by atoms with Crippen LogP contribution in [0.25, 0.3) is 77.6 Å². The lowest BCUT2D eigenvalue weighted by Gasteiger charge is -2.34. The number of hydrogen-bond donors (Lipinski definition) is 0. The highest BCUT2D eigenvalue weighted by molar-refractivity contribution is 6.06. The van der Waals surface area contributed by atoms with Gasteiger partial charge < -0.3 is 9.32 Å². The van der Waals surface area contributed by atoms with Gasteiger partial charge in [0.05, 0.1) is 11.1 Å². The van der Waals surface area contributed by atoms with Crippen LogP contribution in [0, 0.1) is 0 Å². The molecule has 0 radical (unpaired) electrons. The fraction of sp³-hybridized carbons (Fsp3) is 0.0149. The van der Waals surface area contributed by atoms with Gasteiger partial charge in [-0.15, -0.1) is 0 Å². The zero-order valence-electron chi connectivity index (χ0n) is 37.8. The van der Waals surface area contributed by atoms with E-state index in [-0.39, 0.29) is 0 Å². The molecule has 0 bridgehead atoms. The van der Waals surface area contributed by atoms with Gasteiger partial charge >= 0.3 is 0 Å². The normalized spacial score (nSPS) is 12.5. The quantitative estimate of drug-likeness (QED) is 0.144. The summed E-state index contributed by atoms with van der Waals surface area (Å²) in [5, 5.41) is 2.26. The number of benzene rings is 11. The van der Waals surface area contributed by atoms with Crippen LogP contribution in [0.4, 0.5) is 17.1 Å². The van der Waals surface area contributed by atoms with Crippen LogP contribution in [-0.2, 0) is 5.41 Å². The molecule has 324 valence electrons. The number of para-hydroxylation sites is 1. The van der Waals surface area contributed by atoms with Crippen LogP contribution in [0.1, 0.15) is 22.3 Å². The second-order valence-corrected chi connectivity index (χ2v) is 17.9. The first kappa shape index (κ1) is 40.3. The second kappa shape index (κ2) is 16.7. The van der Waals surface area contributed by atoms with Crippen molar-refractivity contribution in [1.82, 2.24) is 0 Å².